The molecule has 1 aromatic carbocycles. The highest BCUT2D eigenvalue weighted by Crippen LogP contribution is 2.27. The fourth-order valence-electron chi connectivity index (χ4n) is 2.43. The summed E-state index contributed by atoms with van der Waals surface area (Å²) in [7, 11) is 0. The molecule has 1 aromatic rings. The Morgan fingerprint density at radius 2 is 2.00 bits per heavy atom. The molecular weight excluding hydrogens is 292 g/mol. The van der Waals surface area contributed by atoms with Gasteiger partial charge in [-0.15, -0.1) is 0 Å². The van der Waals surface area contributed by atoms with Crippen LogP contribution in [0.1, 0.15) is 25.3 Å². The van der Waals surface area contributed by atoms with Crippen LogP contribution in [0, 0.1) is 0 Å². The first-order valence-corrected chi connectivity index (χ1v) is 7.17. The van der Waals surface area contributed by atoms with E-state index < -0.39 is 6.61 Å². The average molecular weight is 311 g/mol. The number of piperidine rings is 1. The highest BCUT2D eigenvalue weighted by Gasteiger charge is 2.20. The molecule has 0 saturated carbocycles. The highest BCUT2D eigenvalue weighted by atomic mass is 19.3. The number of carbonyl (C=O) groups is 1. The second-order valence-electron chi connectivity index (χ2n) is 5.26. The van der Waals surface area contributed by atoms with Crippen molar-refractivity contribution >= 4 is 11.5 Å². The van der Waals surface area contributed by atoms with E-state index in [-0.39, 0.29) is 17.8 Å². The molecule has 2 rings (SSSR count). The first kappa shape index (κ1) is 16.4. The lowest BCUT2D eigenvalue weighted by molar-refractivity contribution is -0.127. The number of likely N-dealkylation sites (tertiary alicyclic amines) is 1. The number of allylic oxidation sites excluding steroid dienone is 1. The lowest BCUT2D eigenvalue weighted by Crippen LogP contribution is -2.39. The van der Waals surface area contributed by atoms with Gasteiger partial charge in [0.15, 0.2) is 0 Å². The number of aliphatic hydroxyl groups is 1. The van der Waals surface area contributed by atoms with Gasteiger partial charge in [0.1, 0.15) is 5.75 Å². The third kappa shape index (κ3) is 4.27. The second kappa shape index (κ2) is 7.35. The van der Waals surface area contributed by atoms with E-state index in [1.807, 2.05) is 0 Å². The summed E-state index contributed by atoms with van der Waals surface area (Å²) in [6.45, 7) is -0.226. The zero-order valence-corrected chi connectivity index (χ0v) is 12.3. The fourth-order valence-corrected chi connectivity index (χ4v) is 2.43. The van der Waals surface area contributed by atoms with Crippen LogP contribution in [0.5, 0.6) is 5.75 Å². The standard InChI is InChI=1S/C16H19F2NO3/c1-11(10-15(21)19-8-6-12(20)7-9-19)13-4-2-3-5-14(13)22-16(17)18/h2-5,10,12,16,20H,6-9H2,1H3/b11-10-. The van der Waals surface area contributed by atoms with Crippen molar-refractivity contribution < 1.29 is 23.4 Å². The lowest BCUT2D eigenvalue weighted by atomic mass is 10.0. The third-order valence-corrected chi connectivity index (χ3v) is 3.64. The van der Waals surface area contributed by atoms with Crippen molar-refractivity contribution in [1.82, 2.24) is 4.90 Å². The summed E-state index contributed by atoms with van der Waals surface area (Å²) >= 11 is 0. The summed E-state index contributed by atoms with van der Waals surface area (Å²) in [5.41, 5.74) is 1.03. The van der Waals surface area contributed by atoms with Gasteiger partial charge in [-0.3, -0.25) is 4.79 Å². The molecule has 1 aliphatic heterocycles. The monoisotopic (exact) mass is 311 g/mol. The molecule has 4 nitrogen and oxygen atoms in total. The summed E-state index contributed by atoms with van der Waals surface area (Å²) < 4.78 is 29.3. The zero-order valence-electron chi connectivity index (χ0n) is 12.3. The van der Waals surface area contributed by atoms with Gasteiger partial charge >= 0.3 is 6.61 Å². The molecule has 0 aromatic heterocycles. The van der Waals surface area contributed by atoms with E-state index in [4.69, 9.17) is 0 Å². The Bertz CT molecular complexity index is 552. The van der Waals surface area contributed by atoms with Crippen LogP contribution >= 0.6 is 0 Å². The van der Waals surface area contributed by atoms with E-state index in [0.717, 1.165) is 0 Å². The van der Waals surface area contributed by atoms with Gasteiger partial charge in [-0.05, 0) is 31.4 Å². The van der Waals surface area contributed by atoms with Crippen LogP contribution < -0.4 is 4.74 Å². The van der Waals surface area contributed by atoms with Crippen LogP contribution in [0.25, 0.3) is 5.57 Å². The maximum atomic E-state index is 12.4. The summed E-state index contributed by atoms with van der Waals surface area (Å²) in [5, 5.41) is 9.45. The Kier molecular flexibility index (Phi) is 5.49. The van der Waals surface area contributed by atoms with Crippen LogP contribution in [-0.4, -0.2) is 41.7 Å². The van der Waals surface area contributed by atoms with Gasteiger partial charge in [0.25, 0.3) is 0 Å². The van der Waals surface area contributed by atoms with E-state index >= 15 is 0 Å². The quantitative estimate of drug-likeness (QED) is 0.870. The van der Waals surface area contributed by atoms with Crippen LogP contribution in [0.2, 0.25) is 0 Å². The molecule has 0 spiro atoms. The largest absolute Gasteiger partial charge is 0.434 e. The number of alkyl halides is 2. The lowest BCUT2D eigenvalue weighted by Gasteiger charge is -2.28. The molecule has 1 N–H and O–H groups in total. The number of hydrogen-bond donors (Lipinski definition) is 1. The van der Waals surface area contributed by atoms with Gasteiger partial charge in [-0.2, -0.15) is 8.78 Å². The first-order valence-electron chi connectivity index (χ1n) is 7.17. The smallest absolute Gasteiger partial charge is 0.387 e. The molecule has 1 fully saturated rings. The molecule has 22 heavy (non-hydrogen) atoms. The van der Waals surface area contributed by atoms with Crippen molar-refractivity contribution in [2.24, 2.45) is 0 Å². The Hall–Kier alpha value is -1.95. The highest BCUT2D eigenvalue weighted by molar-refractivity contribution is 5.95. The first-order chi connectivity index (χ1) is 10.5. The molecule has 0 bridgehead atoms. The molecule has 1 saturated heterocycles. The predicted octanol–water partition coefficient (Wildman–Crippen LogP) is 2.67. The molecule has 120 valence electrons. The molecule has 6 heteroatoms. The van der Waals surface area contributed by atoms with Crippen molar-refractivity contribution in [1.29, 1.82) is 0 Å². The third-order valence-electron chi connectivity index (χ3n) is 3.64. The molecule has 1 amide bonds. The number of amides is 1. The fraction of sp³-hybridized carbons (Fsp3) is 0.438. The summed E-state index contributed by atoms with van der Waals surface area (Å²) in [4.78, 5) is 13.8. The maximum absolute atomic E-state index is 12.4. The Morgan fingerprint density at radius 3 is 2.64 bits per heavy atom. The number of aliphatic hydroxyl groups excluding tert-OH is 1. The number of para-hydroxylation sites is 1. The van der Waals surface area contributed by atoms with Gasteiger partial charge < -0.3 is 14.7 Å². The minimum absolute atomic E-state index is 0.0492. The maximum Gasteiger partial charge on any atom is 0.387 e. The number of nitrogens with zero attached hydrogens (tertiary/aromatic N) is 1. The van der Waals surface area contributed by atoms with Gasteiger partial charge in [0.2, 0.25) is 5.91 Å². The number of halogens is 2. The van der Waals surface area contributed by atoms with Crippen LogP contribution in [-0.2, 0) is 4.79 Å². The summed E-state index contributed by atoms with van der Waals surface area (Å²) in [6.07, 6.45) is 2.19. The summed E-state index contributed by atoms with van der Waals surface area (Å²) in [5.74, 6) is -0.135. The van der Waals surface area contributed by atoms with Crippen LogP contribution in [0.15, 0.2) is 30.3 Å². The average Bonchev–Trinajstić information content (AvgIpc) is 2.47. The molecular formula is C16H19F2NO3. The molecule has 1 aliphatic rings. The molecule has 0 atom stereocenters. The molecule has 0 radical (unpaired) electrons. The number of hydrogen-bond acceptors (Lipinski definition) is 3. The molecule has 1 heterocycles. The minimum Gasteiger partial charge on any atom is -0.434 e. The Morgan fingerprint density at radius 1 is 1.36 bits per heavy atom. The summed E-state index contributed by atoms with van der Waals surface area (Å²) in [6, 6.07) is 6.38. The van der Waals surface area contributed by atoms with Crippen molar-refractivity contribution in [3.8, 4) is 5.75 Å². The SMILES string of the molecule is C/C(=C/C(=O)N1CCC(O)CC1)c1ccccc1OC(F)F. The number of rotatable bonds is 4. The Labute approximate surface area is 128 Å². The number of carbonyl (C=O) groups excluding carboxylic acids is 1. The second-order valence-corrected chi connectivity index (χ2v) is 5.26. The Balaban J connectivity index is 2.13. The van der Waals surface area contributed by atoms with Gasteiger partial charge in [0.05, 0.1) is 6.10 Å². The van der Waals surface area contributed by atoms with Gasteiger partial charge in [0, 0.05) is 24.7 Å². The molecule has 0 unspecified atom stereocenters. The van der Waals surface area contributed by atoms with Crippen molar-refractivity contribution in [3.05, 3.63) is 35.9 Å². The zero-order chi connectivity index (χ0) is 16.1. The van der Waals surface area contributed by atoms with Crippen molar-refractivity contribution in [2.75, 3.05) is 13.1 Å². The normalized spacial score (nSPS) is 17.0. The van der Waals surface area contributed by atoms with Crippen molar-refractivity contribution in [3.63, 3.8) is 0 Å². The topological polar surface area (TPSA) is 49.8 Å². The van der Waals surface area contributed by atoms with Crippen molar-refractivity contribution in [2.45, 2.75) is 32.5 Å². The van der Waals surface area contributed by atoms with Gasteiger partial charge in [-0.1, -0.05) is 18.2 Å². The number of ether oxygens (including phenoxy) is 1. The number of benzene rings is 1. The van der Waals surface area contributed by atoms with E-state index in [0.29, 0.717) is 37.1 Å². The van der Waals surface area contributed by atoms with Crippen LogP contribution in [0.3, 0.4) is 0 Å². The van der Waals surface area contributed by atoms with Gasteiger partial charge in [-0.25, -0.2) is 0 Å². The van der Waals surface area contributed by atoms with E-state index in [2.05, 4.69) is 4.74 Å². The minimum atomic E-state index is -2.91. The van der Waals surface area contributed by atoms with E-state index in [9.17, 15) is 18.7 Å². The van der Waals surface area contributed by atoms with E-state index in [1.165, 1.54) is 12.1 Å². The van der Waals surface area contributed by atoms with E-state index in [1.54, 1.807) is 30.0 Å². The van der Waals surface area contributed by atoms with Crippen LogP contribution in [0.4, 0.5) is 8.78 Å². The predicted molar refractivity (Wildman–Crippen MR) is 78.5 cm³/mol. The molecule has 0 aliphatic carbocycles.